The zero-order valence-corrected chi connectivity index (χ0v) is 9.73. The first-order valence-electron chi connectivity index (χ1n) is 4.46. The summed E-state index contributed by atoms with van der Waals surface area (Å²) in [7, 11) is -3.33. The molecular weight excluding hydrogens is 232 g/mol. The van der Waals surface area contributed by atoms with Crippen LogP contribution in [0.15, 0.2) is 28.7 Å². The number of sulfonamides is 1. The molecule has 0 saturated carbocycles. The van der Waals surface area contributed by atoms with E-state index in [-0.39, 0.29) is 0 Å². The Kier molecular flexibility index (Phi) is 2.72. The smallest absolute Gasteiger partial charge is 0.250 e. The van der Waals surface area contributed by atoms with Gasteiger partial charge in [0.1, 0.15) is 4.21 Å². The van der Waals surface area contributed by atoms with Gasteiger partial charge in [-0.15, -0.1) is 11.3 Å². The Balaban J connectivity index is 2.54. The van der Waals surface area contributed by atoms with Crippen molar-refractivity contribution in [3.8, 4) is 0 Å². The van der Waals surface area contributed by atoms with Crippen LogP contribution in [0.4, 0.5) is 0 Å². The van der Waals surface area contributed by atoms with Gasteiger partial charge in [0.2, 0.25) is 10.0 Å². The minimum atomic E-state index is -3.33. The monoisotopic (exact) mass is 242 g/mol. The van der Waals surface area contributed by atoms with E-state index in [9.17, 15) is 8.42 Å². The molecule has 0 amide bonds. The molecule has 4 nitrogen and oxygen atoms in total. The molecule has 2 rings (SSSR count). The number of hydrogen-bond acceptors (Lipinski definition) is 4. The van der Waals surface area contributed by atoms with Crippen molar-refractivity contribution >= 4 is 31.4 Å². The summed E-state index contributed by atoms with van der Waals surface area (Å²) in [6.07, 6.45) is 3.32. The molecule has 2 aromatic rings. The number of nitrogens with zero attached hydrogens (tertiary/aromatic N) is 1. The van der Waals surface area contributed by atoms with Gasteiger partial charge in [0, 0.05) is 18.9 Å². The van der Waals surface area contributed by atoms with E-state index in [1.54, 1.807) is 31.5 Å². The van der Waals surface area contributed by atoms with Crippen molar-refractivity contribution < 1.29 is 8.42 Å². The van der Waals surface area contributed by atoms with Crippen molar-refractivity contribution in [2.24, 2.45) is 0 Å². The van der Waals surface area contributed by atoms with Gasteiger partial charge in [-0.2, -0.15) is 0 Å². The molecule has 0 atom stereocenters. The quantitative estimate of drug-likeness (QED) is 0.889. The second-order valence-electron chi connectivity index (χ2n) is 2.98. The summed E-state index contributed by atoms with van der Waals surface area (Å²) in [5, 5.41) is 0.909. The summed E-state index contributed by atoms with van der Waals surface area (Å²) < 4.78 is 27.0. The second-order valence-corrected chi connectivity index (χ2v) is 6.06. The molecule has 80 valence electrons. The van der Waals surface area contributed by atoms with Crippen LogP contribution in [0, 0.1) is 0 Å². The number of rotatable bonds is 3. The van der Waals surface area contributed by atoms with Crippen LogP contribution in [-0.4, -0.2) is 19.9 Å². The predicted molar refractivity (Wildman–Crippen MR) is 60.5 cm³/mol. The molecule has 0 radical (unpaired) electrons. The third-order valence-corrected chi connectivity index (χ3v) is 5.00. The van der Waals surface area contributed by atoms with E-state index in [4.69, 9.17) is 0 Å². The minimum Gasteiger partial charge on any atom is -0.263 e. The Hall–Kier alpha value is -0.980. The fraction of sp³-hybridized carbons (Fsp3) is 0.222. The van der Waals surface area contributed by atoms with E-state index in [2.05, 4.69) is 9.71 Å². The predicted octanol–water partition coefficient (Wildman–Crippen LogP) is 1.59. The molecule has 0 bridgehead atoms. The highest BCUT2D eigenvalue weighted by Gasteiger charge is 2.15. The first-order valence-corrected chi connectivity index (χ1v) is 6.76. The van der Waals surface area contributed by atoms with Crippen molar-refractivity contribution in [3.05, 3.63) is 24.5 Å². The zero-order chi connectivity index (χ0) is 10.9. The lowest BCUT2D eigenvalue weighted by Crippen LogP contribution is -2.22. The van der Waals surface area contributed by atoms with Gasteiger partial charge in [0.05, 0.1) is 4.70 Å². The summed E-state index contributed by atoms with van der Waals surface area (Å²) in [4.78, 5) is 3.95. The molecule has 0 aliphatic heterocycles. The molecule has 0 unspecified atom stereocenters. The van der Waals surface area contributed by atoms with Crippen molar-refractivity contribution in [3.63, 3.8) is 0 Å². The number of pyridine rings is 1. The zero-order valence-electron chi connectivity index (χ0n) is 8.10. The van der Waals surface area contributed by atoms with E-state index in [1.165, 1.54) is 11.3 Å². The maximum absolute atomic E-state index is 11.7. The number of aromatic nitrogens is 1. The first kappa shape index (κ1) is 10.5. The van der Waals surface area contributed by atoms with E-state index in [0.717, 1.165) is 10.1 Å². The standard InChI is InChI=1S/C9H10N2O2S2/c1-2-11-15(12,13)9-5-7-3-4-10-6-8(7)14-9/h3-6,11H,2H2,1H3. The average molecular weight is 242 g/mol. The molecule has 2 heterocycles. The molecule has 0 aromatic carbocycles. The minimum absolute atomic E-state index is 0.340. The Morgan fingerprint density at radius 3 is 3.00 bits per heavy atom. The van der Waals surface area contributed by atoms with Crippen LogP contribution >= 0.6 is 11.3 Å². The third-order valence-electron chi connectivity index (χ3n) is 1.90. The summed E-state index contributed by atoms with van der Waals surface area (Å²) in [6.45, 7) is 2.15. The van der Waals surface area contributed by atoms with E-state index in [1.807, 2.05) is 0 Å². The number of hydrogen-bond donors (Lipinski definition) is 1. The summed E-state index contributed by atoms with van der Waals surface area (Å²) in [5.74, 6) is 0. The summed E-state index contributed by atoms with van der Waals surface area (Å²) >= 11 is 1.23. The Morgan fingerprint density at radius 1 is 1.53 bits per heavy atom. The van der Waals surface area contributed by atoms with Gasteiger partial charge in [0.15, 0.2) is 0 Å². The molecule has 0 fully saturated rings. The fourth-order valence-electron chi connectivity index (χ4n) is 1.25. The van der Waals surface area contributed by atoms with Crippen LogP contribution in [0.2, 0.25) is 0 Å². The molecule has 0 aliphatic carbocycles. The van der Waals surface area contributed by atoms with Gasteiger partial charge in [-0.1, -0.05) is 6.92 Å². The van der Waals surface area contributed by atoms with Gasteiger partial charge in [-0.3, -0.25) is 4.98 Å². The molecule has 2 aromatic heterocycles. The summed E-state index contributed by atoms with van der Waals surface area (Å²) in [5.41, 5.74) is 0. The Morgan fingerprint density at radius 2 is 2.33 bits per heavy atom. The third kappa shape index (κ3) is 2.01. The van der Waals surface area contributed by atoms with Gasteiger partial charge in [0.25, 0.3) is 0 Å². The largest absolute Gasteiger partial charge is 0.263 e. The van der Waals surface area contributed by atoms with Gasteiger partial charge < -0.3 is 0 Å². The van der Waals surface area contributed by atoms with Crippen molar-refractivity contribution in [2.45, 2.75) is 11.1 Å². The number of fused-ring (bicyclic) bond motifs is 1. The molecule has 15 heavy (non-hydrogen) atoms. The van der Waals surface area contributed by atoms with Crippen LogP contribution in [0.5, 0.6) is 0 Å². The second kappa shape index (κ2) is 3.88. The molecule has 1 N–H and O–H groups in total. The lowest BCUT2D eigenvalue weighted by molar-refractivity contribution is 0.586. The topological polar surface area (TPSA) is 59.1 Å². The van der Waals surface area contributed by atoms with E-state index >= 15 is 0 Å². The maximum Gasteiger partial charge on any atom is 0.250 e. The SMILES string of the molecule is CCNS(=O)(=O)c1cc2ccncc2s1. The highest BCUT2D eigenvalue weighted by molar-refractivity contribution is 7.91. The van der Waals surface area contributed by atoms with Crippen molar-refractivity contribution in [2.75, 3.05) is 6.54 Å². The lowest BCUT2D eigenvalue weighted by atomic mass is 10.3. The van der Waals surface area contributed by atoms with Gasteiger partial charge in [-0.25, -0.2) is 13.1 Å². The average Bonchev–Trinajstić information content (AvgIpc) is 2.61. The van der Waals surface area contributed by atoms with Gasteiger partial charge in [-0.05, 0) is 17.5 Å². The van der Waals surface area contributed by atoms with Crippen LogP contribution in [-0.2, 0) is 10.0 Å². The highest BCUT2D eigenvalue weighted by Crippen LogP contribution is 2.27. The molecular formula is C9H10N2O2S2. The highest BCUT2D eigenvalue weighted by atomic mass is 32.2. The molecule has 0 saturated heterocycles. The van der Waals surface area contributed by atoms with Crippen LogP contribution in [0.25, 0.3) is 10.1 Å². The van der Waals surface area contributed by atoms with Crippen molar-refractivity contribution in [1.82, 2.24) is 9.71 Å². The first-order chi connectivity index (χ1) is 7.13. The number of nitrogens with one attached hydrogen (secondary N) is 1. The maximum atomic E-state index is 11.7. The fourth-order valence-corrected chi connectivity index (χ4v) is 3.70. The summed E-state index contributed by atoms with van der Waals surface area (Å²) in [6, 6.07) is 3.47. The molecule has 0 aliphatic rings. The normalized spacial score (nSPS) is 12.1. The van der Waals surface area contributed by atoms with E-state index in [0.29, 0.717) is 10.8 Å². The lowest BCUT2D eigenvalue weighted by Gasteiger charge is -1.99. The van der Waals surface area contributed by atoms with E-state index < -0.39 is 10.0 Å². The van der Waals surface area contributed by atoms with Gasteiger partial charge >= 0.3 is 0 Å². The number of thiophene rings is 1. The van der Waals surface area contributed by atoms with Crippen molar-refractivity contribution in [1.29, 1.82) is 0 Å². The van der Waals surface area contributed by atoms with Crippen LogP contribution in [0.1, 0.15) is 6.92 Å². The Labute approximate surface area is 92.0 Å². The molecule has 6 heteroatoms. The molecule has 0 spiro atoms. The van der Waals surface area contributed by atoms with Crippen LogP contribution in [0.3, 0.4) is 0 Å². The van der Waals surface area contributed by atoms with Crippen LogP contribution < -0.4 is 4.72 Å². The Bertz CT molecular complexity index is 542.